The molecule has 1 aliphatic heterocycles. The smallest absolute Gasteiger partial charge is 0.262 e. The number of likely N-dealkylation sites (tertiary alicyclic amines) is 1. The third kappa shape index (κ3) is 2.16. The van der Waals surface area contributed by atoms with Gasteiger partial charge in [0.25, 0.3) is 5.91 Å². The summed E-state index contributed by atoms with van der Waals surface area (Å²) in [6.45, 7) is 0.539. The Hall–Kier alpha value is -0.200. The van der Waals surface area contributed by atoms with E-state index in [1.807, 2.05) is 0 Å². The molecule has 1 fully saturated rings. The summed E-state index contributed by atoms with van der Waals surface area (Å²) in [5, 5.41) is 0. The highest BCUT2D eigenvalue weighted by Gasteiger charge is 2.29. The molecule has 1 aliphatic rings. The molecule has 0 saturated carbocycles. The van der Waals surface area contributed by atoms with Crippen LogP contribution in [0.1, 0.15) is 23.2 Å². The number of halogens is 2. The fourth-order valence-electron chi connectivity index (χ4n) is 1.49. The van der Waals surface area contributed by atoms with Crippen LogP contribution in [0.5, 0.6) is 0 Å². The summed E-state index contributed by atoms with van der Waals surface area (Å²) in [6, 6.07) is 1.74. The first-order chi connectivity index (χ1) is 7.09. The molecule has 80 valence electrons. The van der Waals surface area contributed by atoms with Gasteiger partial charge in [0.15, 0.2) is 0 Å². The minimum atomic E-state index is -0.202. The van der Waals surface area contributed by atoms with Gasteiger partial charge in [-0.2, -0.15) is 0 Å². The van der Waals surface area contributed by atoms with E-state index in [0.717, 1.165) is 14.0 Å². The van der Waals surface area contributed by atoms with Gasteiger partial charge >= 0.3 is 0 Å². The van der Waals surface area contributed by atoms with Crippen LogP contribution in [0.2, 0.25) is 0 Å². The van der Waals surface area contributed by atoms with E-state index in [4.69, 9.17) is 0 Å². The van der Waals surface area contributed by atoms with Gasteiger partial charge in [0.1, 0.15) is 0 Å². The zero-order valence-electron chi connectivity index (χ0n) is 7.63. The molecule has 0 radical (unpaired) electrons. The summed E-state index contributed by atoms with van der Waals surface area (Å²) in [6.07, 6.45) is 1.25. The minimum absolute atomic E-state index is 0.0748. The second-order valence-corrected chi connectivity index (χ2v) is 6.94. The molecule has 15 heavy (non-hydrogen) atoms. The van der Waals surface area contributed by atoms with E-state index >= 15 is 0 Å². The number of rotatable bonds is 1. The lowest BCUT2D eigenvalue weighted by Gasteiger charge is -2.12. The molecule has 1 aromatic rings. The quantitative estimate of drug-likeness (QED) is 0.728. The molecular formula is C9H7Br2NO2S. The van der Waals surface area contributed by atoms with Crippen LogP contribution in [-0.2, 0) is 4.79 Å². The van der Waals surface area contributed by atoms with Crippen LogP contribution in [-0.4, -0.2) is 23.3 Å². The van der Waals surface area contributed by atoms with Gasteiger partial charge in [0.05, 0.1) is 13.1 Å². The van der Waals surface area contributed by atoms with Crippen molar-refractivity contribution >= 4 is 55.0 Å². The Kier molecular flexibility index (Phi) is 3.27. The average molecular weight is 353 g/mol. The highest BCUT2D eigenvalue weighted by molar-refractivity contribution is 9.12. The summed E-state index contributed by atoms with van der Waals surface area (Å²) in [7, 11) is 0. The van der Waals surface area contributed by atoms with Crippen molar-refractivity contribution in [1.29, 1.82) is 0 Å². The molecule has 1 aromatic heterocycles. The Morgan fingerprint density at radius 3 is 2.67 bits per heavy atom. The van der Waals surface area contributed by atoms with Crippen molar-refractivity contribution in [1.82, 2.24) is 4.90 Å². The predicted octanol–water partition coefficient (Wildman–Crippen LogP) is 3.04. The minimum Gasteiger partial charge on any atom is -0.278 e. The molecule has 0 spiro atoms. The topological polar surface area (TPSA) is 37.4 Å². The van der Waals surface area contributed by atoms with Gasteiger partial charge in [-0.05, 0) is 44.3 Å². The number of thiophene rings is 1. The maximum Gasteiger partial charge on any atom is 0.262 e. The zero-order chi connectivity index (χ0) is 11.0. The average Bonchev–Trinajstić information content (AvgIpc) is 2.71. The van der Waals surface area contributed by atoms with Crippen LogP contribution in [0.15, 0.2) is 13.6 Å². The van der Waals surface area contributed by atoms with Gasteiger partial charge in [-0.3, -0.25) is 14.5 Å². The number of hydrogen-bond acceptors (Lipinski definition) is 3. The van der Waals surface area contributed by atoms with E-state index in [0.29, 0.717) is 18.5 Å². The van der Waals surface area contributed by atoms with E-state index in [1.165, 1.54) is 16.2 Å². The third-order valence-corrected chi connectivity index (χ3v) is 4.54. The lowest BCUT2D eigenvalue weighted by molar-refractivity contribution is -0.125. The number of amides is 2. The summed E-state index contributed by atoms with van der Waals surface area (Å²) in [5.41, 5.74) is 0.558. The van der Waals surface area contributed by atoms with Crippen LogP contribution in [0.4, 0.5) is 0 Å². The van der Waals surface area contributed by atoms with Gasteiger partial charge in [-0.25, -0.2) is 0 Å². The van der Waals surface area contributed by atoms with Crippen molar-refractivity contribution in [2.75, 3.05) is 6.54 Å². The van der Waals surface area contributed by atoms with Crippen molar-refractivity contribution in [3.63, 3.8) is 0 Å². The van der Waals surface area contributed by atoms with Gasteiger partial charge in [0.2, 0.25) is 5.91 Å². The fraction of sp³-hybridized carbons (Fsp3) is 0.333. The monoisotopic (exact) mass is 351 g/mol. The second-order valence-electron chi connectivity index (χ2n) is 3.19. The molecule has 2 heterocycles. The molecule has 3 nitrogen and oxygen atoms in total. The van der Waals surface area contributed by atoms with Crippen molar-refractivity contribution in [3.05, 3.63) is 19.2 Å². The van der Waals surface area contributed by atoms with Gasteiger partial charge in [-0.1, -0.05) is 0 Å². The van der Waals surface area contributed by atoms with Crippen molar-refractivity contribution < 1.29 is 9.59 Å². The van der Waals surface area contributed by atoms with Crippen LogP contribution in [0.25, 0.3) is 0 Å². The third-order valence-electron chi connectivity index (χ3n) is 2.21. The second kappa shape index (κ2) is 4.35. The molecule has 6 heteroatoms. The molecule has 0 unspecified atom stereocenters. The van der Waals surface area contributed by atoms with Gasteiger partial charge < -0.3 is 0 Å². The zero-order valence-corrected chi connectivity index (χ0v) is 11.6. The Bertz CT molecular complexity index is 430. The van der Waals surface area contributed by atoms with Crippen molar-refractivity contribution in [3.8, 4) is 0 Å². The molecular weight excluding hydrogens is 346 g/mol. The largest absolute Gasteiger partial charge is 0.278 e. The summed E-state index contributed by atoms with van der Waals surface area (Å²) in [5.74, 6) is -0.277. The van der Waals surface area contributed by atoms with Crippen LogP contribution in [0, 0.1) is 0 Å². The van der Waals surface area contributed by atoms with Crippen molar-refractivity contribution in [2.24, 2.45) is 0 Å². The summed E-state index contributed by atoms with van der Waals surface area (Å²) < 4.78 is 1.64. The number of carbonyl (C=O) groups excluding carboxylic acids is 2. The van der Waals surface area contributed by atoms with Crippen molar-refractivity contribution in [2.45, 2.75) is 12.8 Å². The van der Waals surface area contributed by atoms with Crippen LogP contribution in [0.3, 0.4) is 0 Å². The summed E-state index contributed by atoms with van der Waals surface area (Å²) >= 11 is 8.05. The number of carbonyl (C=O) groups is 2. The molecule has 1 saturated heterocycles. The molecule has 0 N–H and O–H groups in total. The molecule has 2 rings (SSSR count). The SMILES string of the molecule is O=C1CCCN1C(=O)c1cc(Br)sc1Br. The highest BCUT2D eigenvalue weighted by atomic mass is 79.9. The van der Waals surface area contributed by atoms with Gasteiger partial charge in [-0.15, -0.1) is 11.3 Å². The molecule has 0 bridgehead atoms. The first-order valence-corrected chi connectivity index (χ1v) is 6.79. The van der Waals surface area contributed by atoms with Crippen LogP contribution < -0.4 is 0 Å². The maximum absolute atomic E-state index is 12.0. The number of imide groups is 1. The van der Waals surface area contributed by atoms with Gasteiger partial charge in [0, 0.05) is 13.0 Å². The maximum atomic E-state index is 12.0. The Morgan fingerprint density at radius 1 is 1.47 bits per heavy atom. The Balaban J connectivity index is 2.28. The lowest BCUT2D eigenvalue weighted by atomic mass is 10.3. The highest BCUT2D eigenvalue weighted by Crippen LogP contribution is 2.33. The predicted molar refractivity (Wildman–Crippen MR) is 65.0 cm³/mol. The van der Waals surface area contributed by atoms with E-state index in [2.05, 4.69) is 31.9 Å². The first kappa shape index (κ1) is 11.3. The molecule has 0 atom stereocenters. The first-order valence-electron chi connectivity index (χ1n) is 4.39. The van der Waals surface area contributed by atoms with E-state index in [-0.39, 0.29) is 11.8 Å². The normalized spacial score (nSPS) is 16.1. The fourth-order valence-corrected chi connectivity index (χ4v) is 4.27. The molecule has 0 aliphatic carbocycles. The Morgan fingerprint density at radius 2 is 2.20 bits per heavy atom. The Labute approximate surface area is 108 Å². The molecule has 0 aromatic carbocycles. The van der Waals surface area contributed by atoms with E-state index in [9.17, 15) is 9.59 Å². The molecule has 2 amide bonds. The lowest BCUT2D eigenvalue weighted by Crippen LogP contribution is -2.31. The standard InChI is InChI=1S/C9H7Br2NO2S/c10-6-4-5(8(11)15-6)9(14)12-3-1-2-7(12)13/h4H,1-3H2. The summed E-state index contributed by atoms with van der Waals surface area (Å²) in [4.78, 5) is 24.7. The number of nitrogens with zero attached hydrogens (tertiary/aromatic N) is 1. The number of hydrogen-bond donors (Lipinski definition) is 0. The van der Waals surface area contributed by atoms with Crippen LogP contribution >= 0.6 is 43.2 Å². The van der Waals surface area contributed by atoms with E-state index < -0.39 is 0 Å². The van der Waals surface area contributed by atoms with E-state index in [1.54, 1.807) is 6.07 Å².